The number of amides is 1. The molecule has 0 fully saturated rings. The monoisotopic (exact) mass is 285 g/mol. The number of carbonyl (C=O) groups is 1. The summed E-state index contributed by atoms with van der Waals surface area (Å²) in [5.74, 6) is -0.386. The molecular formula is C15H15N3O3. The molecule has 6 nitrogen and oxygen atoms in total. The van der Waals surface area contributed by atoms with Gasteiger partial charge in [-0.25, -0.2) is 0 Å². The highest BCUT2D eigenvalue weighted by Gasteiger charge is 2.15. The van der Waals surface area contributed by atoms with Crippen molar-refractivity contribution in [3.63, 3.8) is 0 Å². The van der Waals surface area contributed by atoms with Crippen LogP contribution in [0, 0.1) is 10.1 Å². The molecule has 0 heterocycles. The van der Waals surface area contributed by atoms with Crippen LogP contribution in [0.2, 0.25) is 0 Å². The van der Waals surface area contributed by atoms with E-state index in [1.54, 1.807) is 24.3 Å². The Morgan fingerprint density at radius 3 is 2.43 bits per heavy atom. The van der Waals surface area contributed by atoms with Gasteiger partial charge in [0.2, 0.25) is 0 Å². The molecule has 0 aromatic heterocycles. The van der Waals surface area contributed by atoms with Crippen molar-refractivity contribution in [2.75, 3.05) is 11.9 Å². The standard InChI is InChI=1S/C15H15N3O3/c16-10-9-11-5-7-12(8-6-11)15(19)17-13-3-1-2-4-14(13)18(20)21/h1-8H,9-10,16H2,(H,17,19). The van der Waals surface area contributed by atoms with Crippen molar-refractivity contribution in [3.05, 3.63) is 69.8 Å². The van der Waals surface area contributed by atoms with Crippen LogP contribution >= 0.6 is 0 Å². The van der Waals surface area contributed by atoms with E-state index in [2.05, 4.69) is 5.32 Å². The van der Waals surface area contributed by atoms with Gasteiger partial charge in [-0.15, -0.1) is 0 Å². The second kappa shape index (κ2) is 6.62. The van der Waals surface area contributed by atoms with Gasteiger partial charge in [0.1, 0.15) is 5.69 Å². The highest BCUT2D eigenvalue weighted by atomic mass is 16.6. The van der Waals surface area contributed by atoms with Gasteiger partial charge in [-0.2, -0.15) is 0 Å². The third-order valence-corrected chi connectivity index (χ3v) is 3.00. The fourth-order valence-electron chi connectivity index (χ4n) is 1.92. The summed E-state index contributed by atoms with van der Waals surface area (Å²) in [7, 11) is 0. The predicted octanol–water partition coefficient (Wildman–Crippen LogP) is 2.35. The topological polar surface area (TPSA) is 98.3 Å². The van der Waals surface area contributed by atoms with Crippen molar-refractivity contribution < 1.29 is 9.72 Å². The molecule has 0 bridgehead atoms. The lowest BCUT2D eigenvalue weighted by Crippen LogP contribution is -2.13. The molecule has 0 saturated carbocycles. The fraction of sp³-hybridized carbons (Fsp3) is 0.133. The first-order valence-electron chi connectivity index (χ1n) is 6.45. The Kier molecular flexibility index (Phi) is 4.63. The zero-order valence-corrected chi connectivity index (χ0v) is 11.3. The number of carbonyl (C=O) groups excluding carboxylic acids is 1. The Morgan fingerprint density at radius 2 is 1.81 bits per heavy atom. The van der Waals surface area contributed by atoms with Crippen LogP contribution in [0.5, 0.6) is 0 Å². The van der Waals surface area contributed by atoms with Crippen molar-refractivity contribution in [2.45, 2.75) is 6.42 Å². The number of nitro benzene ring substituents is 1. The van der Waals surface area contributed by atoms with Gasteiger partial charge in [0.25, 0.3) is 11.6 Å². The second-order valence-corrected chi connectivity index (χ2v) is 4.46. The SMILES string of the molecule is NCCc1ccc(C(=O)Nc2ccccc2[N+](=O)[O-])cc1. The third kappa shape index (κ3) is 3.64. The van der Waals surface area contributed by atoms with Crippen molar-refractivity contribution in [1.82, 2.24) is 0 Å². The quantitative estimate of drug-likeness (QED) is 0.650. The molecule has 2 aromatic rings. The van der Waals surface area contributed by atoms with Gasteiger partial charge in [-0.3, -0.25) is 14.9 Å². The number of nitrogens with zero attached hydrogens (tertiary/aromatic N) is 1. The van der Waals surface area contributed by atoms with E-state index in [1.165, 1.54) is 12.1 Å². The Balaban J connectivity index is 2.16. The lowest BCUT2D eigenvalue weighted by atomic mass is 10.1. The maximum Gasteiger partial charge on any atom is 0.292 e. The molecule has 0 unspecified atom stereocenters. The summed E-state index contributed by atoms with van der Waals surface area (Å²) in [6, 6.07) is 13.0. The van der Waals surface area contributed by atoms with Gasteiger partial charge in [0.05, 0.1) is 4.92 Å². The summed E-state index contributed by atoms with van der Waals surface area (Å²) in [6.07, 6.45) is 0.742. The van der Waals surface area contributed by atoms with Gasteiger partial charge in [-0.1, -0.05) is 24.3 Å². The highest BCUT2D eigenvalue weighted by molar-refractivity contribution is 6.05. The Labute approximate surface area is 121 Å². The third-order valence-electron chi connectivity index (χ3n) is 3.00. The predicted molar refractivity (Wildman–Crippen MR) is 80.3 cm³/mol. The molecule has 0 aliphatic rings. The van der Waals surface area contributed by atoms with Crippen LogP contribution in [0.4, 0.5) is 11.4 Å². The number of rotatable bonds is 5. The fourth-order valence-corrected chi connectivity index (χ4v) is 1.92. The van der Waals surface area contributed by atoms with E-state index < -0.39 is 4.92 Å². The number of benzene rings is 2. The van der Waals surface area contributed by atoms with E-state index in [1.807, 2.05) is 12.1 Å². The van der Waals surface area contributed by atoms with Crippen LogP contribution in [-0.2, 0) is 6.42 Å². The molecule has 0 radical (unpaired) electrons. The summed E-state index contributed by atoms with van der Waals surface area (Å²) in [4.78, 5) is 22.5. The van der Waals surface area contributed by atoms with Gasteiger partial charge in [-0.05, 0) is 36.7 Å². The Morgan fingerprint density at radius 1 is 1.14 bits per heavy atom. The number of nitro groups is 1. The largest absolute Gasteiger partial charge is 0.330 e. The van der Waals surface area contributed by atoms with Crippen LogP contribution in [0.1, 0.15) is 15.9 Å². The van der Waals surface area contributed by atoms with Crippen molar-refractivity contribution >= 4 is 17.3 Å². The lowest BCUT2D eigenvalue weighted by Gasteiger charge is -2.06. The van der Waals surface area contributed by atoms with E-state index in [0.29, 0.717) is 12.1 Å². The average molecular weight is 285 g/mol. The molecule has 0 saturated heterocycles. The molecule has 0 aliphatic heterocycles. The summed E-state index contributed by atoms with van der Waals surface area (Å²) < 4.78 is 0. The molecule has 1 amide bonds. The number of para-hydroxylation sites is 2. The number of hydrogen-bond acceptors (Lipinski definition) is 4. The first-order chi connectivity index (χ1) is 10.1. The molecule has 6 heteroatoms. The van der Waals surface area contributed by atoms with Crippen molar-refractivity contribution in [1.29, 1.82) is 0 Å². The molecule has 0 aliphatic carbocycles. The molecule has 3 N–H and O–H groups in total. The molecular weight excluding hydrogens is 270 g/mol. The summed E-state index contributed by atoms with van der Waals surface area (Å²) in [6.45, 7) is 0.543. The number of hydrogen-bond donors (Lipinski definition) is 2. The van der Waals surface area contributed by atoms with Gasteiger partial charge in [0, 0.05) is 11.6 Å². The van der Waals surface area contributed by atoms with Gasteiger partial charge in [0.15, 0.2) is 0 Å². The van der Waals surface area contributed by atoms with Crippen LogP contribution < -0.4 is 11.1 Å². The Hall–Kier alpha value is -2.73. The van der Waals surface area contributed by atoms with Crippen LogP contribution in [0.25, 0.3) is 0 Å². The van der Waals surface area contributed by atoms with E-state index in [9.17, 15) is 14.9 Å². The maximum atomic E-state index is 12.1. The van der Waals surface area contributed by atoms with E-state index >= 15 is 0 Å². The highest BCUT2D eigenvalue weighted by Crippen LogP contribution is 2.23. The van der Waals surface area contributed by atoms with Crippen LogP contribution in [0.3, 0.4) is 0 Å². The molecule has 108 valence electrons. The van der Waals surface area contributed by atoms with E-state index in [4.69, 9.17) is 5.73 Å². The van der Waals surface area contributed by atoms with Crippen molar-refractivity contribution in [3.8, 4) is 0 Å². The molecule has 0 atom stereocenters. The number of anilines is 1. The minimum Gasteiger partial charge on any atom is -0.330 e. The Bertz CT molecular complexity index is 653. The average Bonchev–Trinajstić information content (AvgIpc) is 2.48. The normalized spacial score (nSPS) is 10.1. The summed E-state index contributed by atoms with van der Waals surface area (Å²) in [5, 5.41) is 13.5. The molecule has 2 rings (SSSR count). The number of nitrogens with two attached hydrogens (primary N) is 1. The van der Waals surface area contributed by atoms with E-state index in [0.717, 1.165) is 12.0 Å². The minimum absolute atomic E-state index is 0.134. The smallest absolute Gasteiger partial charge is 0.292 e. The van der Waals surface area contributed by atoms with Crippen LogP contribution in [-0.4, -0.2) is 17.4 Å². The lowest BCUT2D eigenvalue weighted by molar-refractivity contribution is -0.383. The summed E-state index contributed by atoms with van der Waals surface area (Å²) >= 11 is 0. The zero-order chi connectivity index (χ0) is 15.2. The molecule has 0 spiro atoms. The van der Waals surface area contributed by atoms with Gasteiger partial charge < -0.3 is 11.1 Å². The molecule has 2 aromatic carbocycles. The second-order valence-electron chi connectivity index (χ2n) is 4.46. The van der Waals surface area contributed by atoms with Crippen LogP contribution in [0.15, 0.2) is 48.5 Å². The minimum atomic E-state index is -0.528. The maximum absolute atomic E-state index is 12.1. The first-order valence-corrected chi connectivity index (χ1v) is 6.45. The van der Waals surface area contributed by atoms with Crippen molar-refractivity contribution in [2.24, 2.45) is 5.73 Å². The molecule has 21 heavy (non-hydrogen) atoms. The van der Waals surface area contributed by atoms with Gasteiger partial charge >= 0.3 is 0 Å². The zero-order valence-electron chi connectivity index (χ0n) is 11.3. The van der Waals surface area contributed by atoms with E-state index in [-0.39, 0.29) is 17.3 Å². The first kappa shape index (κ1) is 14.7. The summed E-state index contributed by atoms with van der Waals surface area (Å²) in [5.41, 5.74) is 6.99. The number of nitrogens with one attached hydrogen (secondary N) is 1.